The van der Waals surface area contributed by atoms with Gasteiger partial charge in [0.05, 0.1) is 13.0 Å². The van der Waals surface area contributed by atoms with Crippen molar-refractivity contribution >= 4 is 17.5 Å². The number of ether oxygens (including phenoxy) is 1. The maximum atomic E-state index is 12.5. The summed E-state index contributed by atoms with van der Waals surface area (Å²) in [6.07, 6.45) is 9.64. The largest absolute Gasteiger partial charge is 0.463 e. The van der Waals surface area contributed by atoms with Crippen molar-refractivity contribution in [1.82, 2.24) is 14.9 Å². The van der Waals surface area contributed by atoms with E-state index in [2.05, 4.69) is 35.6 Å². The van der Waals surface area contributed by atoms with Crippen LogP contribution in [0.15, 0.2) is 0 Å². The third kappa shape index (κ3) is 6.79. The fourth-order valence-corrected chi connectivity index (χ4v) is 4.68. The monoisotopic (exact) mass is 431 g/mol. The van der Waals surface area contributed by atoms with Gasteiger partial charge in [-0.15, -0.1) is 0 Å². The quantitative estimate of drug-likeness (QED) is 0.503. The molecule has 2 N–H and O–H groups in total. The molecule has 1 aromatic rings. The third-order valence-electron chi connectivity index (χ3n) is 6.44. The van der Waals surface area contributed by atoms with Crippen LogP contribution in [0.2, 0.25) is 0 Å². The molecule has 3 heterocycles. The first-order valence-electron chi connectivity index (χ1n) is 12.3. The van der Waals surface area contributed by atoms with Crippen molar-refractivity contribution in [3.8, 4) is 6.01 Å². The molecule has 2 aliphatic heterocycles. The normalized spacial score (nSPS) is 17.5. The average Bonchev–Trinajstić information content (AvgIpc) is 3.05. The topological polar surface area (TPSA) is 84.6 Å². The molecule has 0 unspecified atom stereocenters. The van der Waals surface area contributed by atoms with Gasteiger partial charge in [0.15, 0.2) is 0 Å². The summed E-state index contributed by atoms with van der Waals surface area (Å²) in [6.45, 7) is 11.7. The maximum absolute atomic E-state index is 12.5. The molecule has 0 radical (unpaired) electrons. The molecular formula is C24H41N5O2. The molecular weight excluding hydrogens is 390 g/mol. The SMILES string of the molecule is CCCCOc1nc(N)c2c(n1)N(CCCCCC1CCN(CC(C)C)CC1)C(=O)C2. The van der Waals surface area contributed by atoms with E-state index >= 15 is 0 Å². The van der Waals surface area contributed by atoms with Crippen molar-refractivity contribution in [2.75, 3.05) is 43.4 Å². The zero-order chi connectivity index (χ0) is 22.2. The molecule has 7 nitrogen and oxygen atoms in total. The molecule has 3 rings (SSSR count). The number of hydrogen-bond donors (Lipinski definition) is 1. The number of hydrogen-bond acceptors (Lipinski definition) is 6. The minimum Gasteiger partial charge on any atom is -0.463 e. The van der Waals surface area contributed by atoms with E-state index in [0.717, 1.165) is 43.1 Å². The Labute approximate surface area is 187 Å². The number of likely N-dealkylation sites (tertiary alicyclic amines) is 1. The van der Waals surface area contributed by atoms with Crippen molar-refractivity contribution in [2.24, 2.45) is 11.8 Å². The van der Waals surface area contributed by atoms with Gasteiger partial charge in [0, 0.05) is 18.7 Å². The van der Waals surface area contributed by atoms with E-state index in [0.29, 0.717) is 31.2 Å². The second-order valence-electron chi connectivity index (χ2n) is 9.60. The smallest absolute Gasteiger partial charge is 0.320 e. The number of fused-ring (bicyclic) bond motifs is 1. The fourth-order valence-electron chi connectivity index (χ4n) is 4.68. The van der Waals surface area contributed by atoms with E-state index < -0.39 is 0 Å². The van der Waals surface area contributed by atoms with Gasteiger partial charge in [0.2, 0.25) is 5.91 Å². The Kier molecular flexibility index (Phi) is 8.93. The molecule has 1 amide bonds. The van der Waals surface area contributed by atoms with Gasteiger partial charge in [-0.3, -0.25) is 9.69 Å². The summed E-state index contributed by atoms with van der Waals surface area (Å²) in [5.74, 6) is 2.72. The highest BCUT2D eigenvalue weighted by atomic mass is 16.5. The van der Waals surface area contributed by atoms with Crippen LogP contribution in [0.25, 0.3) is 0 Å². The highest BCUT2D eigenvalue weighted by molar-refractivity contribution is 6.01. The number of carbonyl (C=O) groups excluding carboxylic acids is 1. The minimum atomic E-state index is 0.0687. The lowest BCUT2D eigenvalue weighted by molar-refractivity contribution is -0.117. The van der Waals surface area contributed by atoms with Crippen molar-refractivity contribution in [3.05, 3.63) is 5.56 Å². The molecule has 7 heteroatoms. The number of nitrogen functional groups attached to an aromatic ring is 1. The van der Waals surface area contributed by atoms with Gasteiger partial charge < -0.3 is 15.4 Å². The van der Waals surface area contributed by atoms with E-state index in [1.807, 2.05) is 0 Å². The third-order valence-corrected chi connectivity index (χ3v) is 6.44. The summed E-state index contributed by atoms with van der Waals surface area (Å²) in [5, 5.41) is 0. The van der Waals surface area contributed by atoms with E-state index in [1.165, 1.54) is 45.3 Å². The highest BCUT2D eigenvalue weighted by Crippen LogP contribution is 2.32. The fraction of sp³-hybridized carbons (Fsp3) is 0.792. The first kappa shape index (κ1) is 23.8. The lowest BCUT2D eigenvalue weighted by Crippen LogP contribution is -2.36. The minimum absolute atomic E-state index is 0.0687. The molecule has 1 saturated heterocycles. The van der Waals surface area contributed by atoms with E-state index in [4.69, 9.17) is 10.5 Å². The first-order chi connectivity index (χ1) is 15.0. The molecule has 0 spiro atoms. The summed E-state index contributed by atoms with van der Waals surface area (Å²) < 4.78 is 5.63. The van der Waals surface area contributed by atoms with Crippen LogP contribution < -0.4 is 15.4 Å². The van der Waals surface area contributed by atoms with Crippen LogP contribution >= 0.6 is 0 Å². The number of carbonyl (C=O) groups is 1. The van der Waals surface area contributed by atoms with Crippen LogP contribution in [0, 0.1) is 11.8 Å². The summed E-state index contributed by atoms with van der Waals surface area (Å²) >= 11 is 0. The average molecular weight is 432 g/mol. The Morgan fingerprint density at radius 2 is 1.90 bits per heavy atom. The number of unbranched alkanes of at least 4 members (excludes halogenated alkanes) is 3. The zero-order valence-electron chi connectivity index (χ0n) is 19.7. The van der Waals surface area contributed by atoms with E-state index in [1.54, 1.807) is 4.90 Å². The second kappa shape index (κ2) is 11.7. The van der Waals surface area contributed by atoms with Crippen LogP contribution in [-0.2, 0) is 11.2 Å². The number of rotatable bonds is 12. The summed E-state index contributed by atoms with van der Waals surface area (Å²) in [5.41, 5.74) is 6.83. The summed E-state index contributed by atoms with van der Waals surface area (Å²) in [6, 6.07) is 0.285. The Morgan fingerprint density at radius 1 is 1.13 bits per heavy atom. The Balaban J connectivity index is 1.41. The number of anilines is 2. The molecule has 1 aromatic heterocycles. The number of aromatic nitrogens is 2. The summed E-state index contributed by atoms with van der Waals surface area (Å²) in [4.78, 5) is 25.7. The first-order valence-corrected chi connectivity index (χ1v) is 12.3. The number of nitrogens with two attached hydrogens (primary N) is 1. The molecule has 174 valence electrons. The van der Waals surface area contributed by atoms with Gasteiger partial charge >= 0.3 is 6.01 Å². The van der Waals surface area contributed by atoms with Gasteiger partial charge in [-0.2, -0.15) is 9.97 Å². The van der Waals surface area contributed by atoms with Crippen molar-refractivity contribution in [2.45, 2.75) is 78.6 Å². The molecule has 0 aliphatic carbocycles. The van der Waals surface area contributed by atoms with Gasteiger partial charge in [-0.25, -0.2) is 0 Å². The Hall–Kier alpha value is -1.89. The zero-order valence-corrected chi connectivity index (χ0v) is 19.7. The van der Waals surface area contributed by atoms with Gasteiger partial charge in [0.25, 0.3) is 0 Å². The Bertz CT molecular complexity index is 716. The van der Waals surface area contributed by atoms with Gasteiger partial charge in [-0.05, 0) is 50.6 Å². The number of amides is 1. The van der Waals surface area contributed by atoms with Crippen molar-refractivity contribution < 1.29 is 9.53 Å². The molecule has 0 atom stereocenters. The molecule has 31 heavy (non-hydrogen) atoms. The van der Waals surface area contributed by atoms with Crippen LogP contribution in [0.4, 0.5) is 11.6 Å². The lowest BCUT2D eigenvalue weighted by atomic mass is 9.91. The van der Waals surface area contributed by atoms with Gasteiger partial charge in [0.1, 0.15) is 11.6 Å². The number of nitrogens with zero attached hydrogens (tertiary/aromatic N) is 4. The highest BCUT2D eigenvalue weighted by Gasteiger charge is 2.31. The molecule has 0 bridgehead atoms. The van der Waals surface area contributed by atoms with Crippen molar-refractivity contribution in [3.63, 3.8) is 0 Å². The lowest BCUT2D eigenvalue weighted by Gasteiger charge is -2.33. The van der Waals surface area contributed by atoms with E-state index in [9.17, 15) is 4.79 Å². The van der Waals surface area contributed by atoms with Crippen LogP contribution in [0.3, 0.4) is 0 Å². The molecule has 0 saturated carbocycles. The predicted molar refractivity (Wildman–Crippen MR) is 125 cm³/mol. The Morgan fingerprint density at radius 3 is 2.61 bits per heavy atom. The van der Waals surface area contributed by atoms with Crippen LogP contribution in [-0.4, -0.2) is 53.6 Å². The van der Waals surface area contributed by atoms with Crippen molar-refractivity contribution in [1.29, 1.82) is 0 Å². The second-order valence-corrected chi connectivity index (χ2v) is 9.60. The van der Waals surface area contributed by atoms with E-state index in [-0.39, 0.29) is 11.9 Å². The van der Waals surface area contributed by atoms with Crippen LogP contribution in [0.1, 0.15) is 77.7 Å². The number of piperidine rings is 1. The molecule has 1 fully saturated rings. The molecule has 2 aliphatic rings. The van der Waals surface area contributed by atoms with Crippen LogP contribution in [0.5, 0.6) is 6.01 Å². The predicted octanol–water partition coefficient (Wildman–Crippen LogP) is 4.06. The maximum Gasteiger partial charge on any atom is 0.320 e. The summed E-state index contributed by atoms with van der Waals surface area (Å²) in [7, 11) is 0. The van der Waals surface area contributed by atoms with Gasteiger partial charge in [-0.1, -0.05) is 46.5 Å². The molecule has 0 aromatic carbocycles. The standard InChI is InChI=1S/C24H41N5O2/c1-4-5-15-31-24-26-22(25)20-16-21(30)29(23(20)27-24)12-8-6-7-9-19-10-13-28(14-11-19)17-18(2)3/h18-19H,4-17H2,1-3H3,(H2,25,26,27).